The van der Waals surface area contributed by atoms with Crippen molar-refractivity contribution in [1.29, 1.82) is 0 Å². The van der Waals surface area contributed by atoms with Crippen LogP contribution in [0.5, 0.6) is 11.5 Å². The highest BCUT2D eigenvalue weighted by molar-refractivity contribution is 6.30. The minimum absolute atomic E-state index is 0.0258. The average Bonchev–Trinajstić information content (AvgIpc) is 3.39. The van der Waals surface area contributed by atoms with Gasteiger partial charge >= 0.3 is 5.97 Å². The maximum absolute atomic E-state index is 13.2. The minimum atomic E-state index is -0.830. The zero-order valence-electron chi connectivity index (χ0n) is 20.5. The number of halogens is 1. The van der Waals surface area contributed by atoms with E-state index in [0.717, 1.165) is 36.8 Å². The molecule has 9 nitrogen and oxygen atoms in total. The molecular weight excluding hydrogens is 484 g/mol. The zero-order valence-corrected chi connectivity index (χ0v) is 21.2. The quantitative estimate of drug-likeness (QED) is 0.258. The lowest BCUT2D eigenvalue weighted by molar-refractivity contribution is -0.167. The normalized spacial score (nSPS) is 21.1. The number of esters is 1. The number of carbonyl (C=O) groups is 1. The number of methoxy groups -OCH3 is 1. The van der Waals surface area contributed by atoms with Crippen molar-refractivity contribution in [2.45, 2.75) is 63.9 Å². The Morgan fingerprint density at radius 2 is 1.97 bits per heavy atom. The van der Waals surface area contributed by atoms with Crippen molar-refractivity contribution in [3.8, 4) is 11.5 Å². The van der Waals surface area contributed by atoms with Crippen molar-refractivity contribution in [1.82, 2.24) is 9.97 Å². The lowest BCUT2D eigenvalue weighted by Gasteiger charge is -2.42. The van der Waals surface area contributed by atoms with Gasteiger partial charge in [0, 0.05) is 18.9 Å². The smallest absolute Gasteiger partial charge is 0.338 e. The first-order valence-electron chi connectivity index (χ1n) is 12.0. The molecule has 1 fully saturated rings. The van der Waals surface area contributed by atoms with E-state index >= 15 is 0 Å². The van der Waals surface area contributed by atoms with Crippen molar-refractivity contribution in [3.05, 3.63) is 52.0 Å². The van der Waals surface area contributed by atoms with E-state index in [1.165, 1.54) is 12.4 Å². The second kappa shape index (κ2) is 10.7. The Labute approximate surface area is 215 Å². The molecule has 1 unspecified atom stereocenters. The molecule has 10 heteroatoms. The maximum Gasteiger partial charge on any atom is 0.338 e. The molecule has 2 heterocycles. The average molecular weight is 515 g/mol. The number of hydrogen-bond donors (Lipinski definition) is 3. The summed E-state index contributed by atoms with van der Waals surface area (Å²) in [7, 11) is 1.56. The van der Waals surface area contributed by atoms with E-state index in [4.69, 9.17) is 26.8 Å². The molecule has 0 saturated heterocycles. The van der Waals surface area contributed by atoms with Crippen LogP contribution in [-0.2, 0) is 16.0 Å². The van der Waals surface area contributed by atoms with Crippen LogP contribution in [0.2, 0.25) is 5.02 Å². The number of aliphatic hydroxyl groups is 1. The van der Waals surface area contributed by atoms with E-state index in [2.05, 4.69) is 15.0 Å². The number of phenols is 1. The van der Waals surface area contributed by atoms with Gasteiger partial charge in [-0.1, -0.05) is 24.4 Å². The second-order valence-corrected chi connectivity index (χ2v) is 9.91. The molecule has 1 aliphatic carbocycles. The number of aromatic hydroxyl groups is 1. The molecule has 4 rings (SSSR count). The molecule has 1 saturated carbocycles. The van der Waals surface area contributed by atoms with Crippen LogP contribution in [0.15, 0.2) is 40.9 Å². The number of nitrogens with zero attached hydrogens (tertiary/aromatic N) is 3. The summed E-state index contributed by atoms with van der Waals surface area (Å²) < 4.78 is 11.6. The number of hydrogen-bond acceptors (Lipinski definition) is 8. The fourth-order valence-electron chi connectivity index (χ4n) is 5.17. The highest BCUT2D eigenvalue weighted by Crippen LogP contribution is 2.46. The van der Waals surface area contributed by atoms with Crippen molar-refractivity contribution >= 4 is 29.4 Å². The molecular formula is C26H31ClN4O5. The van der Waals surface area contributed by atoms with Crippen LogP contribution in [0, 0.1) is 12.8 Å². The third-order valence-electron chi connectivity index (χ3n) is 7.08. The summed E-state index contributed by atoms with van der Waals surface area (Å²) >= 11 is 5.79. The highest BCUT2D eigenvalue weighted by atomic mass is 35.5. The summed E-state index contributed by atoms with van der Waals surface area (Å²) in [6.07, 6.45) is 7.98. The predicted octanol–water partition coefficient (Wildman–Crippen LogP) is 4.85. The third kappa shape index (κ3) is 5.56. The van der Waals surface area contributed by atoms with Gasteiger partial charge in [0.05, 0.1) is 30.1 Å². The molecule has 0 amide bonds. The minimum Gasteiger partial charge on any atom is -0.512 e. The SMILES string of the molecule is COc1cc(O)c(C)cc1CCC1(C2CCCC2)CC(O)=C(C/C(N)=N/c2ncc(Cl)cn2)C(=O)O1. The van der Waals surface area contributed by atoms with Gasteiger partial charge in [0.1, 0.15) is 28.7 Å². The number of cyclic esters (lactones) is 1. The van der Waals surface area contributed by atoms with Crippen LogP contribution in [0.3, 0.4) is 0 Å². The van der Waals surface area contributed by atoms with Gasteiger partial charge < -0.3 is 25.4 Å². The molecule has 2 aliphatic rings. The van der Waals surface area contributed by atoms with Gasteiger partial charge in [-0.25, -0.2) is 14.8 Å². The number of aromatic nitrogens is 2. The van der Waals surface area contributed by atoms with Crippen molar-refractivity contribution in [2.75, 3.05) is 7.11 Å². The number of benzene rings is 1. The molecule has 0 bridgehead atoms. The number of nitrogens with two attached hydrogens (primary N) is 1. The molecule has 1 aliphatic heterocycles. The number of ether oxygens (including phenoxy) is 2. The molecule has 2 aromatic rings. The number of rotatable bonds is 8. The van der Waals surface area contributed by atoms with E-state index in [-0.39, 0.29) is 47.6 Å². The van der Waals surface area contributed by atoms with Gasteiger partial charge in [-0.05, 0) is 55.7 Å². The number of aliphatic imine (C=N–C) groups is 1. The Kier molecular flexibility index (Phi) is 7.68. The van der Waals surface area contributed by atoms with Gasteiger partial charge in [-0.3, -0.25) is 0 Å². The first-order valence-corrected chi connectivity index (χ1v) is 12.4. The number of aryl methyl sites for hydroxylation is 2. The highest BCUT2D eigenvalue weighted by Gasteiger charge is 2.48. The Morgan fingerprint density at radius 3 is 2.61 bits per heavy atom. The molecule has 192 valence electrons. The van der Waals surface area contributed by atoms with Gasteiger partial charge in [0.2, 0.25) is 0 Å². The molecule has 1 aromatic carbocycles. The number of phenolic OH excluding ortho intramolecular Hbond substituents is 1. The van der Waals surface area contributed by atoms with Crippen molar-refractivity contribution < 1.29 is 24.5 Å². The lowest BCUT2D eigenvalue weighted by atomic mass is 9.76. The molecule has 1 atom stereocenters. The molecule has 36 heavy (non-hydrogen) atoms. The third-order valence-corrected chi connectivity index (χ3v) is 7.28. The first-order chi connectivity index (χ1) is 17.2. The van der Waals surface area contributed by atoms with Gasteiger partial charge in [0.15, 0.2) is 0 Å². The van der Waals surface area contributed by atoms with Crippen LogP contribution in [-0.4, -0.2) is 44.7 Å². The monoisotopic (exact) mass is 514 g/mol. The summed E-state index contributed by atoms with van der Waals surface area (Å²) in [6, 6.07) is 3.49. The van der Waals surface area contributed by atoms with Crippen molar-refractivity contribution in [2.24, 2.45) is 16.6 Å². The molecule has 0 radical (unpaired) electrons. The zero-order chi connectivity index (χ0) is 25.9. The van der Waals surface area contributed by atoms with Gasteiger partial charge in [-0.15, -0.1) is 0 Å². The Balaban J connectivity index is 1.57. The second-order valence-electron chi connectivity index (χ2n) is 9.47. The predicted molar refractivity (Wildman–Crippen MR) is 136 cm³/mol. The number of carbonyl (C=O) groups excluding carboxylic acids is 1. The van der Waals surface area contributed by atoms with E-state index in [0.29, 0.717) is 23.6 Å². The number of aliphatic hydroxyl groups excluding tert-OH is 1. The lowest BCUT2D eigenvalue weighted by Crippen LogP contribution is -2.46. The molecule has 4 N–H and O–H groups in total. The topological polar surface area (TPSA) is 140 Å². The van der Waals surface area contributed by atoms with Crippen LogP contribution in [0.1, 0.15) is 56.1 Å². The molecule has 0 spiro atoms. The standard InChI is InChI=1S/C26H31ClN4O5/c1-15-9-16(22(35-2)11-20(15)32)7-8-26(17-5-3-4-6-17)12-21(33)19(24(34)36-26)10-23(28)31-25-29-13-18(27)14-30-25/h9,11,13-14,17,32-33H,3-8,10,12H2,1-2H3,(H2,28,29,30,31). The van der Waals surface area contributed by atoms with Crippen LogP contribution < -0.4 is 10.5 Å². The largest absolute Gasteiger partial charge is 0.512 e. The fraction of sp³-hybridized carbons (Fsp3) is 0.462. The molecule has 1 aromatic heterocycles. The Hall–Kier alpha value is -3.33. The summed E-state index contributed by atoms with van der Waals surface area (Å²) in [5, 5.41) is 21.4. The van der Waals surface area contributed by atoms with Gasteiger partial charge in [-0.2, -0.15) is 4.99 Å². The summed E-state index contributed by atoms with van der Waals surface area (Å²) in [4.78, 5) is 25.2. The Bertz CT molecular complexity index is 1190. The number of amidine groups is 1. The van der Waals surface area contributed by atoms with E-state index in [9.17, 15) is 15.0 Å². The maximum atomic E-state index is 13.2. The van der Waals surface area contributed by atoms with Crippen LogP contribution in [0.25, 0.3) is 0 Å². The first kappa shape index (κ1) is 25.8. The van der Waals surface area contributed by atoms with E-state index in [1.807, 2.05) is 13.0 Å². The fourth-order valence-corrected chi connectivity index (χ4v) is 5.27. The Morgan fingerprint density at radius 1 is 1.28 bits per heavy atom. The van der Waals surface area contributed by atoms with Crippen LogP contribution >= 0.6 is 11.6 Å². The summed E-state index contributed by atoms with van der Waals surface area (Å²) in [6.45, 7) is 1.83. The van der Waals surface area contributed by atoms with Gasteiger partial charge in [0.25, 0.3) is 5.95 Å². The van der Waals surface area contributed by atoms with Crippen LogP contribution in [0.4, 0.5) is 5.95 Å². The summed E-state index contributed by atoms with van der Waals surface area (Å²) in [5.41, 5.74) is 6.95. The van der Waals surface area contributed by atoms with E-state index in [1.54, 1.807) is 13.2 Å². The van der Waals surface area contributed by atoms with E-state index < -0.39 is 11.6 Å². The summed E-state index contributed by atoms with van der Waals surface area (Å²) in [5.74, 6) is 0.460. The van der Waals surface area contributed by atoms with Crippen molar-refractivity contribution in [3.63, 3.8) is 0 Å².